The molecule has 1 atom stereocenters. The molecular weight excluding hydrogens is 292 g/mol. The molecule has 1 amide bonds. The largest absolute Gasteiger partial charge is 0.506 e. The maximum absolute atomic E-state index is 12.5. The number of aromatic hydroxyl groups is 1. The summed E-state index contributed by atoms with van der Waals surface area (Å²) < 4.78 is 5.76. The van der Waals surface area contributed by atoms with E-state index in [0.717, 1.165) is 0 Å². The minimum atomic E-state index is -0.788. The average molecular weight is 310 g/mol. The number of hydrogen-bond donors (Lipinski definition) is 2. The standard InChI is InChI=1S/C18H18N2O3/c1-12(2)17(23-16-10-6-3-7-13(16)11-19)18(22)20-14-8-4-5-9-15(14)21/h3-10,12,17,21H,1-2H3,(H,20,22). The van der Waals surface area contributed by atoms with Crippen LogP contribution in [0.2, 0.25) is 0 Å². The van der Waals surface area contributed by atoms with E-state index in [1.165, 1.54) is 6.07 Å². The second-order valence-electron chi connectivity index (χ2n) is 5.40. The van der Waals surface area contributed by atoms with E-state index in [1.807, 2.05) is 19.9 Å². The molecule has 23 heavy (non-hydrogen) atoms. The normalized spacial score (nSPS) is 11.6. The van der Waals surface area contributed by atoms with Crippen molar-refractivity contribution in [3.05, 3.63) is 54.1 Å². The highest BCUT2D eigenvalue weighted by Crippen LogP contribution is 2.24. The molecule has 2 N–H and O–H groups in total. The van der Waals surface area contributed by atoms with Gasteiger partial charge in [-0.15, -0.1) is 0 Å². The highest BCUT2D eigenvalue weighted by Gasteiger charge is 2.25. The van der Waals surface area contributed by atoms with E-state index in [-0.39, 0.29) is 17.6 Å². The molecule has 0 fully saturated rings. The highest BCUT2D eigenvalue weighted by molar-refractivity contribution is 5.95. The van der Waals surface area contributed by atoms with Crippen molar-refractivity contribution in [1.29, 1.82) is 5.26 Å². The number of carbonyl (C=O) groups excluding carboxylic acids is 1. The van der Waals surface area contributed by atoms with Crippen molar-refractivity contribution in [3.63, 3.8) is 0 Å². The summed E-state index contributed by atoms with van der Waals surface area (Å²) in [6, 6.07) is 15.3. The van der Waals surface area contributed by atoms with E-state index < -0.39 is 6.10 Å². The molecule has 0 bridgehead atoms. The fraction of sp³-hybridized carbons (Fsp3) is 0.222. The van der Waals surface area contributed by atoms with Gasteiger partial charge in [-0.2, -0.15) is 5.26 Å². The number of benzene rings is 2. The lowest BCUT2D eigenvalue weighted by Gasteiger charge is -2.22. The number of para-hydroxylation sites is 3. The van der Waals surface area contributed by atoms with Gasteiger partial charge in [0.2, 0.25) is 0 Å². The van der Waals surface area contributed by atoms with Gasteiger partial charge in [0.1, 0.15) is 17.6 Å². The van der Waals surface area contributed by atoms with Gasteiger partial charge in [0.15, 0.2) is 6.10 Å². The van der Waals surface area contributed by atoms with Gasteiger partial charge in [-0.1, -0.05) is 38.1 Å². The van der Waals surface area contributed by atoms with Crippen LogP contribution >= 0.6 is 0 Å². The third-order valence-corrected chi connectivity index (χ3v) is 3.29. The summed E-state index contributed by atoms with van der Waals surface area (Å²) in [6.07, 6.45) is -0.788. The first-order valence-corrected chi connectivity index (χ1v) is 7.27. The molecule has 0 saturated carbocycles. The zero-order valence-corrected chi connectivity index (χ0v) is 13.0. The second kappa shape index (κ2) is 7.32. The van der Waals surface area contributed by atoms with Crippen LogP contribution in [0, 0.1) is 17.2 Å². The molecule has 0 heterocycles. The van der Waals surface area contributed by atoms with Crippen LogP contribution < -0.4 is 10.1 Å². The van der Waals surface area contributed by atoms with E-state index in [2.05, 4.69) is 5.32 Å². The summed E-state index contributed by atoms with van der Waals surface area (Å²) >= 11 is 0. The highest BCUT2D eigenvalue weighted by atomic mass is 16.5. The number of phenolic OH excluding ortho intramolecular Hbond substituents is 1. The van der Waals surface area contributed by atoms with Gasteiger partial charge in [-0.25, -0.2) is 0 Å². The monoisotopic (exact) mass is 310 g/mol. The van der Waals surface area contributed by atoms with Gasteiger partial charge in [0.25, 0.3) is 5.91 Å². The molecule has 2 aromatic carbocycles. The molecule has 1 unspecified atom stereocenters. The van der Waals surface area contributed by atoms with E-state index in [4.69, 9.17) is 10.00 Å². The van der Waals surface area contributed by atoms with E-state index in [0.29, 0.717) is 17.0 Å². The van der Waals surface area contributed by atoms with Gasteiger partial charge < -0.3 is 15.2 Å². The lowest BCUT2D eigenvalue weighted by Crippen LogP contribution is -2.37. The topological polar surface area (TPSA) is 82.3 Å². The number of phenols is 1. The van der Waals surface area contributed by atoms with Crippen LogP contribution in [0.1, 0.15) is 19.4 Å². The molecule has 0 aliphatic carbocycles. The molecule has 118 valence electrons. The number of carbonyl (C=O) groups is 1. The molecule has 0 aliphatic rings. The van der Waals surface area contributed by atoms with Crippen LogP contribution in [0.5, 0.6) is 11.5 Å². The molecule has 0 aromatic heterocycles. The van der Waals surface area contributed by atoms with Gasteiger partial charge in [0, 0.05) is 0 Å². The number of anilines is 1. The lowest BCUT2D eigenvalue weighted by atomic mass is 10.1. The third-order valence-electron chi connectivity index (χ3n) is 3.29. The SMILES string of the molecule is CC(C)C(Oc1ccccc1C#N)C(=O)Nc1ccccc1O. The van der Waals surface area contributed by atoms with Crippen molar-refractivity contribution in [2.45, 2.75) is 20.0 Å². The van der Waals surface area contributed by atoms with Crippen LogP contribution in [0.4, 0.5) is 5.69 Å². The maximum Gasteiger partial charge on any atom is 0.265 e. The first-order valence-electron chi connectivity index (χ1n) is 7.27. The van der Waals surface area contributed by atoms with Crippen molar-refractivity contribution in [2.24, 2.45) is 5.92 Å². The average Bonchev–Trinajstić information content (AvgIpc) is 2.54. The number of nitriles is 1. The fourth-order valence-electron chi connectivity index (χ4n) is 2.07. The van der Waals surface area contributed by atoms with Crippen LogP contribution in [0.3, 0.4) is 0 Å². The summed E-state index contributed by atoms with van der Waals surface area (Å²) in [7, 11) is 0. The van der Waals surface area contributed by atoms with Crippen molar-refractivity contribution in [3.8, 4) is 17.6 Å². The first-order chi connectivity index (χ1) is 11.0. The summed E-state index contributed by atoms with van der Waals surface area (Å²) in [4.78, 5) is 12.5. The third kappa shape index (κ3) is 4.01. The minimum absolute atomic E-state index is 0.0132. The smallest absolute Gasteiger partial charge is 0.265 e. The Morgan fingerprint density at radius 2 is 1.83 bits per heavy atom. The summed E-state index contributed by atoms with van der Waals surface area (Å²) in [5, 5.41) is 21.5. The first kappa shape index (κ1) is 16.4. The number of amides is 1. The van der Waals surface area contributed by atoms with Gasteiger partial charge in [-0.05, 0) is 30.2 Å². The molecule has 0 aliphatic heterocycles. The molecule has 5 heteroatoms. The molecule has 2 rings (SSSR count). The minimum Gasteiger partial charge on any atom is -0.506 e. The quantitative estimate of drug-likeness (QED) is 0.830. The predicted molar refractivity (Wildman–Crippen MR) is 87.1 cm³/mol. The number of hydrogen-bond acceptors (Lipinski definition) is 4. The lowest BCUT2D eigenvalue weighted by molar-refractivity contribution is -0.124. The summed E-state index contributed by atoms with van der Waals surface area (Å²) in [6.45, 7) is 3.70. The predicted octanol–water partition coefficient (Wildman–Crippen LogP) is 3.31. The maximum atomic E-state index is 12.5. The molecule has 5 nitrogen and oxygen atoms in total. The number of nitrogens with zero attached hydrogens (tertiary/aromatic N) is 1. The summed E-state index contributed by atoms with van der Waals surface area (Å²) in [5.41, 5.74) is 0.689. The molecular formula is C18H18N2O3. The van der Waals surface area contributed by atoms with Gasteiger partial charge in [-0.3, -0.25) is 4.79 Å². The molecule has 0 spiro atoms. The Hall–Kier alpha value is -3.00. The molecule has 0 radical (unpaired) electrons. The Morgan fingerprint density at radius 1 is 1.17 bits per heavy atom. The van der Waals surface area contributed by atoms with Crippen molar-refractivity contribution < 1.29 is 14.6 Å². The van der Waals surface area contributed by atoms with E-state index in [9.17, 15) is 9.90 Å². The Balaban J connectivity index is 2.20. The van der Waals surface area contributed by atoms with Crippen molar-refractivity contribution >= 4 is 11.6 Å². The zero-order chi connectivity index (χ0) is 16.8. The van der Waals surface area contributed by atoms with Gasteiger partial charge in [0.05, 0.1) is 11.3 Å². The van der Waals surface area contributed by atoms with Crippen LogP contribution in [0.15, 0.2) is 48.5 Å². The van der Waals surface area contributed by atoms with Gasteiger partial charge >= 0.3 is 0 Å². The Bertz CT molecular complexity index is 735. The summed E-state index contributed by atoms with van der Waals surface area (Å²) in [5.74, 6) is -0.149. The fourth-order valence-corrected chi connectivity index (χ4v) is 2.07. The Morgan fingerprint density at radius 3 is 2.48 bits per heavy atom. The van der Waals surface area contributed by atoms with Crippen molar-refractivity contribution in [2.75, 3.05) is 5.32 Å². The van der Waals surface area contributed by atoms with Crippen LogP contribution in [-0.4, -0.2) is 17.1 Å². The molecule has 2 aromatic rings. The second-order valence-corrected chi connectivity index (χ2v) is 5.40. The van der Waals surface area contributed by atoms with E-state index in [1.54, 1.807) is 42.5 Å². The number of ether oxygens (including phenoxy) is 1. The molecule has 0 saturated heterocycles. The zero-order valence-electron chi connectivity index (χ0n) is 13.0. The van der Waals surface area contributed by atoms with E-state index >= 15 is 0 Å². The van der Waals surface area contributed by atoms with Crippen LogP contribution in [0.25, 0.3) is 0 Å². The number of rotatable bonds is 5. The Labute approximate surface area is 135 Å². The Kier molecular flexibility index (Phi) is 5.21. The van der Waals surface area contributed by atoms with Crippen LogP contribution in [-0.2, 0) is 4.79 Å². The van der Waals surface area contributed by atoms with Crippen molar-refractivity contribution in [1.82, 2.24) is 0 Å². The number of nitrogens with one attached hydrogen (secondary N) is 1.